The molecule has 2 heterocycles. The number of rotatable bonds is 8. The molecule has 1 aliphatic heterocycles. The van der Waals surface area contributed by atoms with E-state index in [9.17, 15) is 4.79 Å². The van der Waals surface area contributed by atoms with Crippen LogP contribution in [0.3, 0.4) is 0 Å². The molecule has 2 N–H and O–H groups in total. The third-order valence-corrected chi connectivity index (χ3v) is 4.48. The number of amides is 2. The Morgan fingerprint density at radius 1 is 1.41 bits per heavy atom. The van der Waals surface area contributed by atoms with Crippen LogP contribution < -0.4 is 15.4 Å². The highest BCUT2D eigenvalue weighted by Crippen LogP contribution is 2.26. The van der Waals surface area contributed by atoms with E-state index >= 15 is 0 Å². The van der Waals surface area contributed by atoms with Gasteiger partial charge in [0.05, 0.1) is 31.7 Å². The Morgan fingerprint density at radius 2 is 2.30 bits per heavy atom. The van der Waals surface area contributed by atoms with Gasteiger partial charge in [-0.25, -0.2) is 9.78 Å². The van der Waals surface area contributed by atoms with Crippen molar-refractivity contribution in [1.29, 1.82) is 0 Å². The second kappa shape index (κ2) is 9.38. The van der Waals surface area contributed by atoms with Crippen LogP contribution in [0.2, 0.25) is 0 Å². The predicted molar refractivity (Wildman–Crippen MR) is 102 cm³/mol. The molecule has 0 spiro atoms. The van der Waals surface area contributed by atoms with E-state index in [1.54, 1.807) is 20.4 Å². The highest BCUT2D eigenvalue weighted by molar-refractivity contribution is 5.88. The smallest absolute Gasteiger partial charge is 0.321 e. The summed E-state index contributed by atoms with van der Waals surface area (Å²) in [5.74, 6) is 1.23. The summed E-state index contributed by atoms with van der Waals surface area (Å²) >= 11 is 0. The number of methoxy groups -OCH3 is 2. The van der Waals surface area contributed by atoms with Gasteiger partial charge < -0.3 is 24.1 Å². The molecule has 1 aliphatic rings. The SMILES string of the molecule is COCCn1c(-c2cccc(OC)c2)cnc1NC(=O)NC[C@H]1CCCO1. The summed E-state index contributed by atoms with van der Waals surface area (Å²) in [5, 5.41) is 5.67. The molecular weight excluding hydrogens is 348 g/mol. The van der Waals surface area contributed by atoms with E-state index in [0.29, 0.717) is 25.6 Å². The summed E-state index contributed by atoms with van der Waals surface area (Å²) in [6, 6.07) is 7.42. The van der Waals surface area contributed by atoms with Crippen LogP contribution in [0, 0.1) is 0 Å². The van der Waals surface area contributed by atoms with Gasteiger partial charge in [-0.2, -0.15) is 0 Å². The van der Waals surface area contributed by atoms with Gasteiger partial charge in [-0.15, -0.1) is 0 Å². The Morgan fingerprint density at radius 3 is 3.04 bits per heavy atom. The van der Waals surface area contributed by atoms with Gasteiger partial charge >= 0.3 is 6.03 Å². The lowest BCUT2D eigenvalue weighted by Crippen LogP contribution is -2.35. The molecule has 3 rings (SSSR count). The van der Waals surface area contributed by atoms with Gasteiger partial charge in [0.1, 0.15) is 5.75 Å². The topological polar surface area (TPSA) is 86.6 Å². The Labute approximate surface area is 158 Å². The van der Waals surface area contributed by atoms with E-state index < -0.39 is 0 Å². The monoisotopic (exact) mass is 374 g/mol. The Bertz CT molecular complexity index is 756. The lowest BCUT2D eigenvalue weighted by Gasteiger charge is -2.14. The summed E-state index contributed by atoms with van der Waals surface area (Å²) in [5.41, 5.74) is 1.83. The van der Waals surface area contributed by atoms with E-state index in [1.165, 1.54) is 0 Å². The summed E-state index contributed by atoms with van der Waals surface area (Å²) in [4.78, 5) is 16.6. The molecule has 8 heteroatoms. The third-order valence-electron chi connectivity index (χ3n) is 4.48. The molecular formula is C19H26N4O4. The zero-order valence-electron chi connectivity index (χ0n) is 15.7. The number of benzene rings is 1. The Hall–Kier alpha value is -2.58. The number of urea groups is 1. The molecule has 0 aliphatic carbocycles. The molecule has 0 radical (unpaired) electrons. The van der Waals surface area contributed by atoms with Gasteiger partial charge in [-0.05, 0) is 25.0 Å². The Kier molecular flexibility index (Phi) is 6.67. The van der Waals surface area contributed by atoms with Crippen LogP contribution in [-0.2, 0) is 16.0 Å². The zero-order chi connectivity index (χ0) is 19.1. The number of ether oxygens (including phenoxy) is 3. The molecule has 2 aromatic rings. The molecule has 0 saturated carbocycles. The van der Waals surface area contributed by atoms with E-state index in [2.05, 4.69) is 15.6 Å². The standard InChI is InChI=1S/C19H26N4O4/c1-25-10-8-23-17(14-5-3-6-15(11-14)26-2)13-20-18(23)22-19(24)21-12-16-7-4-9-27-16/h3,5-6,11,13,16H,4,7-10,12H2,1-2H3,(H2,20,21,22,24)/t16-/m1/s1. The molecule has 0 unspecified atom stereocenters. The number of aromatic nitrogens is 2. The van der Waals surface area contributed by atoms with Crippen molar-refractivity contribution in [3.05, 3.63) is 30.5 Å². The second-order valence-electron chi connectivity index (χ2n) is 6.31. The molecule has 0 bridgehead atoms. The van der Waals surface area contributed by atoms with Crippen molar-refractivity contribution in [3.8, 4) is 17.0 Å². The molecule has 1 saturated heterocycles. The fourth-order valence-corrected chi connectivity index (χ4v) is 3.05. The highest BCUT2D eigenvalue weighted by atomic mass is 16.5. The van der Waals surface area contributed by atoms with Crippen molar-refractivity contribution in [1.82, 2.24) is 14.9 Å². The maximum atomic E-state index is 12.3. The fraction of sp³-hybridized carbons (Fsp3) is 0.474. The molecule has 1 fully saturated rings. The van der Waals surface area contributed by atoms with Gasteiger partial charge in [0.2, 0.25) is 5.95 Å². The van der Waals surface area contributed by atoms with Gasteiger partial charge in [0.15, 0.2) is 0 Å². The molecule has 2 amide bonds. The number of hydrogen-bond donors (Lipinski definition) is 2. The van der Waals surface area contributed by atoms with Crippen LogP contribution in [0.5, 0.6) is 5.75 Å². The van der Waals surface area contributed by atoms with Gasteiger partial charge in [-0.1, -0.05) is 12.1 Å². The Balaban J connectivity index is 1.73. The van der Waals surface area contributed by atoms with E-state index in [-0.39, 0.29) is 12.1 Å². The van der Waals surface area contributed by atoms with Gasteiger partial charge in [-0.3, -0.25) is 5.32 Å². The van der Waals surface area contributed by atoms with Crippen molar-refractivity contribution in [2.45, 2.75) is 25.5 Å². The maximum Gasteiger partial charge on any atom is 0.321 e. The molecule has 1 aromatic carbocycles. The third kappa shape index (κ3) is 4.99. The van der Waals surface area contributed by atoms with Crippen molar-refractivity contribution in [3.63, 3.8) is 0 Å². The first-order valence-corrected chi connectivity index (χ1v) is 9.06. The normalized spacial score (nSPS) is 16.3. The van der Waals surface area contributed by atoms with E-state index in [0.717, 1.165) is 36.5 Å². The minimum Gasteiger partial charge on any atom is -0.497 e. The number of carbonyl (C=O) groups is 1. The summed E-state index contributed by atoms with van der Waals surface area (Å²) < 4.78 is 18.0. The number of nitrogens with one attached hydrogen (secondary N) is 2. The fourth-order valence-electron chi connectivity index (χ4n) is 3.05. The van der Waals surface area contributed by atoms with Crippen LogP contribution in [-0.4, -0.2) is 55.7 Å². The number of nitrogens with zero attached hydrogens (tertiary/aromatic N) is 2. The molecule has 1 aromatic heterocycles. The first-order valence-electron chi connectivity index (χ1n) is 9.06. The minimum absolute atomic E-state index is 0.0938. The van der Waals surface area contributed by atoms with Crippen LogP contribution in [0.15, 0.2) is 30.5 Å². The van der Waals surface area contributed by atoms with Crippen LogP contribution in [0.25, 0.3) is 11.3 Å². The largest absolute Gasteiger partial charge is 0.497 e. The molecule has 8 nitrogen and oxygen atoms in total. The van der Waals surface area contributed by atoms with Crippen LogP contribution in [0.1, 0.15) is 12.8 Å². The molecule has 27 heavy (non-hydrogen) atoms. The lowest BCUT2D eigenvalue weighted by atomic mass is 10.1. The highest BCUT2D eigenvalue weighted by Gasteiger charge is 2.18. The average molecular weight is 374 g/mol. The summed E-state index contributed by atoms with van der Waals surface area (Å²) in [6.07, 6.45) is 3.85. The average Bonchev–Trinajstić information content (AvgIpc) is 3.35. The van der Waals surface area contributed by atoms with Gasteiger partial charge in [0.25, 0.3) is 0 Å². The lowest BCUT2D eigenvalue weighted by molar-refractivity contribution is 0.112. The summed E-state index contributed by atoms with van der Waals surface area (Å²) in [7, 11) is 3.27. The number of hydrogen-bond acceptors (Lipinski definition) is 5. The number of imidazole rings is 1. The zero-order valence-corrected chi connectivity index (χ0v) is 15.7. The van der Waals surface area contributed by atoms with Crippen molar-refractivity contribution in [2.75, 3.05) is 39.3 Å². The van der Waals surface area contributed by atoms with Crippen molar-refractivity contribution in [2.24, 2.45) is 0 Å². The van der Waals surface area contributed by atoms with Crippen LogP contribution >= 0.6 is 0 Å². The second-order valence-corrected chi connectivity index (χ2v) is 6.31. The van der Waals surface area contributed by atoms with Gasteiger partial charge in [0, 0.05) is 32.4 Å². The number of anilines is 1. The van der Waals surface area contributed by atoms with Crippen molar-refractivity contribution < 1.29 is 19.0 Å². The first-order chi connectivity index (χ1) is 13.2. The molecule has 146 valence electrons. The minimum atomic E-state index is -0.299. The summed E-state index contributed by atoms with van der Waals surface area (Å²) in [6.45, 7) is 2.32. The quantitative estimate of drug-likeness (QED) is 0.741. The van der Waals surface area contributed by atoms with Crippen LogP contribution in [0.4, 0.5) is 10.7 Å². The molecule has 1 atom stereocenters. The van der Waals surface area contributed by atoms with E-state index in [1.807, 2.05) is 28.8 Å². The maximum absolute atomic E-state index is 12.3. The van der Waals surface area contributed by atoms with E-state index in [4.69, 9.17) is 14.2 Å². The first kappa shape index (κ1) is 19.2. The predicted octanol–water partition coefficient (Wildman–Crippen LogP) is 2.51. The van der Waals surface area contributed by atoms with Crippen molar-refractivity contribution >= 4 is 12.0 Å². The number of carbonyl (C=O) groups excluding carboxylic acids is 1.